The van der Waals surface area contributed by atoms with E-state index >= 15 is 0 Å². The SMILES string of the molecule is CCCOCCOCCOCCOCCOCCOCCOCCC(=O)C[C@@H](CCC(=O)NCCCC[C@H](N)C(=O)O)C(=O)O. The molecule has 0 rings (SSSR count). The molecule has 15 heteroatoms. The predicted octanol–water partition coefficient (Wildman–Crippen LogP) is 1.04. The molecule has 0 aromatic rings. The summed E-state index contributed by atoms with van der Waals surface area (Å²) in [5.41, 5.74) is 5.42. The minimum absolute atomic E-state index is 0.0228. The molecule has 264 valence electrons. The van der Waals surface area contributed by atoms with Crippen LogP contribution in [0.4, 0.5) is 0 Å². The lowest BCUT2D eigenvalue weighted by Crippen LogP contribution is -2.30. The maximum Gasteiger partial charge on any atom is 0.320 e. The molecule has 0 bridgehead atoms. The Balaban J connectivity index is 3.57. The van der Waals surface area contributed by atoms with Gasteiger partial charge in [0.2, 0.25) is 5.91 Å². The molecular weight excluding hydrogens is 596 g/mol. The highest BCUT2D eigenvalue weighted by atomic mass is 16.6. The summed E-state index contributed by atoms with van der Waals surface area (Å²) in [6, 6.07) is -0.925. The van der Waals surface area contributed by atoms with Gasteiger partial charge < -0.3 is 54.4 Å². The summed E-state index contributed by atoms with van der Waals surface area (Å²) >= 11 is 0. The Hall–Kier alpha value is -2.24. The van der Waals surface area contributed by atoms with Crippen LogP contribution in [0, 0.1) is 5.92 Å². The number of ketones is 1. The zero-order valence-corrected chi connectivity index (χ0v) is 26.9. The number of carboxylic acids is 2. The van der Waals surface area contributed by atoms with E-state index in [1.807, 2.05) is 0 Å². The van der Waals surface area contributed by atoms with Crippen LogP contribution in [0.1, 0.15) is 58.3 Å². The number of rotatable bonds is 35. The number of nitrogens with two attached hydrogens (primary N) is 1. The van der Waals surface area contributed by atoms with Crippen LogP contribution in [0.25, 0.3) is 0 Å². The lowest BCUT2D eigenvalue weighted by Gasteiger charge is -2.12. The van der Waals surface area contributed by atoms with Gasteiger partial charge in [-0.2, -0.15) is 0 Å². The molecule has 0 aromatic carbocycles. The first kappa shape index (κ1) is 42.8. The van der Waals surface area contributed by atoms with Gasteiger partial charge in [-0.25, -0.2) is 0 Å². The van der Waals surface area contributed by atoms with Crippen LogP contribution in [0.5, 0.6) is 0 Å². The molecule has 0 fully saturated rings. The minimum Gasteiger partial charge on any atom is -0.481 e. The van der Waals surface area contributed by atoms with Crippen molar-refractivity contribution in [3.63, 3.8) is 0 Å². The minimum atomic E-state index is -1.13. The van der Waals surface area contributed by atoms with Crippen LogP contribution < -0.4 is 11.1 Å². The maximum atomic E-state index is 12.2. The maximum absolute atomic E-state index is 12.2. The topological polar surface area (TPSA) is 211 Å². The zero-order chi connectivity index (χ0) is 33.4. The van der Waals surface area contributed by atoms with Crippen LogP contribution in [0.2, 0.25) is 0 Å². The van der Waals surface area contributed by atoms with Crippen molar-refractivity contribution in [1.82, 2.24) is 5.32 Å². The lowest BCUT2D eigenvalue weighted by atomic mass is 9.96. The number of carbonyl (C=O) groups is 4. The highest BCUT2D eigenvalue weighted by Gasteiger charge is 2.22. The van der Waals surface area contributed by atoms with E-state index in [1.165, 1.54) is 0 Å². The van der Waals surface area contributed by atoms with Crippen molar-refractivity contribution in [3.05, 3.63) is 0 Å². The first-order valence-corrected chi connectivity index (χ1v) is 15.8. The van der Waals surface area contributed by atoms with Crippen molar-refractivity contribution in [2.75, 3.05) is 99.0 Å². The summed E-state index contributed by atoms with van der Waals surface area (Å²) in [4.78, 5) is 46.4. The molecule has 45 heavy (non-hydrogen) atoms. The number of ether oxygens (including phenoxy) is 7. The van der Waals surface area contributed by atoms with Crippen LogP contribution in [-0.4, -0.2) is 139 Å². The molecule has 0 heterocycles. The summed E-state index contributed by atoms with van der Waals surface area (Å²) in [7, 11) is 0. The Kier molecular flexibility index (Phi) is 30.2. The van der Waals surface area contributed by atoms with Gasteiger partial charge in [0, 0.05) is 32.4 Å². The summed E-state index contributed by atoms with van der Waals surface area (Å²) in [6.07, 6.45) is 2.34. The fourth-order valence-corrected chi connectivity index (χ4v) is 3.68. The zero-order valence-electron chi connectivity index (χ0n) is 26.9. The van der Waals surface area contributed by atoms with E-state index in [4.69, 9.17) is 44.0 Å². The first-order valence-electron chi connectivity index (χ1n) is 15.8. The van der Waals surface area contributed by atoms with Crippen molar-refractivity contribution in [3.8, 4) is 0 Å². The molecule has 5 N–H and O–H groups in total. The van der Waals surface area contributed by atoms with Gasteiger partial charge in [0.05, 0.1) is 91.8 Å². The second-order valence-electron chi connectivity index (χ2n) is 10.1. The van der Waals surface area contributed by atoms with E-state index in [0.29, 0.717) is 105 Å². The molecule has 0 aromatic heterocycles. The Morgan fingerprint density at radius 2 is 1.04 bits per heavy atom. The molecule has 0 unspecified atom stereocenters. The normalized spacial score (nSPS) is 12.6. The highest BCUT2D eigenvalue weighted by Crippen LogP contribution is 2.14. The number of carboxylic acid groups (broad SMARTS) is 2. The average molecular weight is 653 g/mol. The van der Waals surface area contributed by atoms with Gasteiger partial charge in [-0.3, -0.25) is 19.2 Å². The molecule has 0 saturated heterocycles. The molecule has 0 saturated carbocycles. The highest BCUT2D eigenvalue weighted by molar-refractivity contribution is 5.84. The molecule has 2 atom stereocenters. The van der Waals surface area contributed by atoms with Gasteiger partial charge >= 0.3 is 11.9 Å². The van der Waals surface area contributed by atoms with Gasteiger partial charge in [-0.15, -0.1) is 0 Å². The molecule has 0 radical (unpaired) electrons. The van der Waals surface area contributed by atoms with E-state index in [0.717, 1.165) is 13.0 Å². The predicted molar refractivity (Wildman–Crippen MR) is 163 cm³/mol. The van der Waals surface area contributed by atoms with Crippen LogP contribution in [0.15, 0.2) is 0 Å². The average Bonchev–Trinajstić information content (AvgIpc) is 3.01. The summed E-state index contributed by atoms with van der Waals surface area (Å²) in [6.45, 7) is 8.80. The third-order valence-corrected chi connectivity index (χ3v) is 6.23. The molecule has 0 aliphatic carbocycles. The van der Waals surface area contributed by atoms with Gasteiger partial charge in [0.25, 0.3) is 0 Å². The summed E-state index contributed by atoms with van der Waals surface area (Å²) in [5, 5.41) is 20.8. The fourth-order valence-electron chi connectivity index (χ4n) is 3.68. The summed E-state index contributed by atoms with van der Waals surface area (Å²) in [5.74, 6) is -3.72. The molecule has 15 nitrogen and oxygen atoms in total. The third-order valence-electron chi connectivity index (χ3n) is 6.23. The molecule has 1 amide bonds. The number of carbonyl (C=O) groups excluding carboxylic acids is 2. The largest absolute Gasteiger partial charge is 0.481 e. The van der Waals surface area contributed by atoms with Crippen molar-refractivity contribution in [2.45, 2.75) is 64.3 Å². The number of amides is 1. The third kappa shape index (κ3) is 30.2. The van der Waals surface area contributed by atoms with Crippen molar-refractivity contribution in [1.29, 1.82) is 0 Å². The number of nitrogens with one attached hydrogen (secondary N) is 1. The van der Waals surface area contributed by atoms with Crippen molar-refractivity contribution in [2.24, 2.45) is 11.7 Å². The second-order valence-corrected chi connectivity index (χ2v) is 10.1. The van der Waals surface area contributed by atoms with Crippen LogP contribution in [0.3, 0.4) is 0 Å². The van der Waals surface area contributed by atoms with E-state index in [-0.39, 0.29) is 44.0 Å². The van der Waals surface area contributed by atoms with Gasteiger partial charge in [-0.1, -0.05) is 6.92 Å². The van der Waals surface area contributed by atoms with E-state index < -0.39 is 23.9 Å². The van der Waals surface area contributed by atoms with E-state index in [2.05, 4.69) is 12.2 Å². The fraction of sp³-hybridized carbons (Fsp3) is 0.867. The number of aliphatic carboxylic acids is 2. The van der Waals surface area contributed by atoms with Gasteiger partial charge in [0.1, 0.15) is 11.8 Å². The molecule has 0 aliphatic rings. The molecule has 0 aliphatic heterocycles. The van der Waals surface area contributed by atoms with Crippen LogP contribution >= 0.6 is 0 Å². The Morgan fingerprint density at radius 3 is 1.47 bits per heavy atom. The number of unbranched alkanes of at least 4 members (excludes halogenated alkanes) is 1. The van der Waals surface area contributed by atoms with Gasteiger partial charge in [0.15, 0.2) is 0 Å². The van der Waals surface area contributed by atoms with Crippen LogP contribution in [-0.2, 0) is 52.3 Å². The lowest BCUT2D eigenvalue weighted by molar-refractivity contribution is -0.144. The Morgan fingerprint density at radius 1 is 0.600 bits per heavy atom. The Labute approximate surface area is 266 Å². The van der Waals surface area contributed by atoms with E-state index in [1.54, 1.807) is 0 Å². The number of hydrogen-bond acceptors (Lipinski definition) is 12. The Bertz CT molecular complexity index is 757. The standard InChI is InChI=1S/C30H56N2O13/c1-2-10-39-12-14-41-16-18-43-20-22-45-23-21-44-19-17-42-15-13-40-11-8-26(33)24-25(29(35)36)6-7-28(34)32-9-4-3-5-27(31)30(37)38/h25,27H,2-24,31H2,1H3,(H,32,34)(H,35,36)(H,37,38)/t25-,27+/m1/s1. The monoisotopic (exact) mass is 652 g/mol. The molecular formula is C30H56N2O13. The second kappa shape index (κ2) is 31.7. The smallest absolute Gasteiger partial charge is 0.320 e. The van der Waals surface area contributed by atoms with Crippen molar-refractivity contribution < 1.29 is 62.5 Å². The first-order chi connectivity index (χ1) is 21.8. The number of Topliss-reactive ketones (excluding diaryl/α,β-unsaturated/α-hetero) is 1. The summed E-state index contributed by atoms with van der Waals surface area (Å²) < 4.78 is 37.7. The number of hydrogen-bond donors (Lipinski definition) is 4. The molecule has 0 spiro atoms. The quantitative estimate of drug-likeness (QED) is 0.0705. The van der Waals surface area contributed by atoms with Crippen molar-refractivity contribution >= 4 is 23.6 Å². The van der Waals surface area contributed by atoms with Gasteiger partial charge in [-0.05, 0) is 32.1 Å². The van der Waals surface area contributed by atoms with E-state index in [9.17, 15) is 24.3 Å².